The maximum absolute atomic E-state index is 12.4. The molecular formula is C20H25N3O3. The van der Waals surface area contributed by atoms with Gasteiger partial charge in [0.05, 0.1) is 12.8 Å². The highest BCUT2D eigenvalue weighted by Crippen LogP contribution is 2.25. The molecule has 0 aliphatic rings. The molecule has 0 saturated heterocycles. The van der Waals surface area contributed by atoms with Crippen LogP contribution < -0.4 is 21.1 Å². The standard InChI is InChI=1S/C20H25N3O3/c1-12(2)9-19(24)23-17-7-5-14(10-13(17)3)20(25)22-15-6-8-18(26-4)16(21)11-15/h5-8,10-12H,9,21H2,1-4H3,(H,22,25)(H,23,24). The van der Waals surface area contributed by atoms with E-state index in [2.05, 4.69) is 10.6 Å². The van der Waals surface area contributed by atoms with E-state index in [0.717, 1.165) is 5.56 Å². The molecule has 0 spiro atoms. The second-order valence-electron chi connectivity index (χ2n) is 6.59. The lowest BCUT2D eigenvalue weighted by Crippen LogP contribution is -2.16. The van der Waals surface area contributed by atoms with Gasteiger partial charge < -0.3 is 21.1 Å². The van der Waals surface area contributed by atoms with E-state index in [1.807, 2.05) is 20.8 Å². The maximum Gasteiger partial charge on any atom is 0.255 e. The largest absolute Gasteiger partial charge is 0.495 e. The SMILES string of the molecule is COc1ccc(NC(=O)c2ccc(NC(=O)CC(C)C)c(C)c2)cc1N. The molecule has 0 atom stereocenters. The van der Waals surface area contributed by atoms with Gasteiger partial charge in [-0.2, -0.15) is 0 Å². The number of ether oxygens (including phenoxy) is 1. The van der Waals surface area contributed by atoms with Crippen LogP contribution in [0.15, 0.2) is 36.4 Å². The van der Waals surface area contributed by atoms with E-state index >= 15 is 0 Å². The number of hydrogen-bond donors (Lipinski definition) is 3. The van der Waals surface area contributed by atoms with Crippen molar-refractivity contribution < 1.29 is 14.3 Å². The van der Waals surface area contributed by atoms with Crippen molar-refractivity contribution in [2.45, 2.75) is 27.2 Å². The summed E-state index contributed by atoms with van der Waals surface area (Å²) < 4.78 is 5.10. The van der Waals surface area contributed by atoms with Crippen LogP contribution in [-0.4, -0.2) is 18.9 Å². The van der Waals surface area contributed by atoms with Crippen molar-refractivity contribution >= 4 is 28.9 Å². The Bertz CT molecular complexity index is 816. The molecule has 0 aromatic heterocycles. The third-order valence-corrected chi connectivity index (χ3v) is 3.84. The number of nitrogens with two attached hydrogens (primary N) is 1. The van der Waals surface area contributed by atoms with Crippen LogP contribution in [0.5, 0.6) is 5.75 Å². The summed E-state index contributed by atoms with van der Waals surface area (Å²) in [5.74, 6) is 0.560. The highest BCUT2D eigenvalue weighted by Gasteiger charge is 2.11. The number of rotatable bonds is 6. The average molecular weight is 355 g/mol. The summed E-state index contributed by atoms with van der Waals surface area (Å²) in [5.41, 5.74) is 8.92. The predicted molar refractivity (Wildman–Crippen MR) is 105 cm³/mol. The van der Waals surface area contributed by atoms with Crippen LogP contribution in [0.3, 0.4) is 0 Å². The number of carbonyl (C=O) groups is 2. The first kappa shape index (κ1) is 19.3. The van der Waals surface area contributed by atoms with Gasteiger partial charge in [0.2, 0.25) is 5.91 Å². The van der Waals surface area contributed by atoms with Crippen LogP contribution >= 0.6 is 0 Å². The van der Waals surface area contributed by atoms with Crippen LogP contribution in [-0.2, 0) is 4.79 Å². The molecule has 0 heterocycles. The van der Waals surface area contributed by atoms with Crippen LogP contribution in [0.1, 0.15) is 36.2 Å². The van der Waals surface area contributed by atoms with E-state index in [4.69, 9.17) is 10.5 Å². The molecule has 6 heteroatoms. The Kier molecular flexibility index (Phi) is 6.22. The molecule has 4 N–H and O–H groups in total. The Morgan fingerprint density at radius 3 is 2.42 bits per heavy atom. The smallest absolute Gasteiger partial charge is 0.255 e. The molecule has 0 bridgehead atoms. The molecule has 0 saturated carbocycles. The van der Waals surface area contributed by atoms with Crippen molar-refractivity contribution in [1.82, 2.24) is 0 Å². The number of methoxy groups -OCH3 is 1. The zero-order chi connectivity index (χ0) is 19.3. The second-order valence-corrected chi connectivity index (χ2v) is 6.59. The number of hydrogen-bond acceptors (Lipinski definition) is 4. The Morgan fingerprint density at radius 1 is 1.12 bits per heavy atom. The number of aryl methyl sites for hydroxylation is 1. The molecule has 0 fully saturated rings. The van der Waals surface area contributed by atoms with Crippen LogP contribution in [0.4, 0.5) is 17.1 Å². The lowest BCUT2D eigenvalue weighted by molar-refractivity contribution is -0.116. The van der Waals surface area contributed by atoms with Crippen molar-refractivity contribution in [2.24, 2.45) is 5.92 Å². The Balaban J connectivity index is 2.09. The Hall–Kier alpha value is -3.02. The van der Waals surface area contributed by atoms with Gasteiger partial charge in [0.15, 0.2) is 0 Å². The van der Waals surface area contributed by atoms with Gasteiger partial charge in [-0.1, -0.05) is 13.8 Å². The van der Waals surface area contributed by atoms with Crippen LogP contribution in [0, 0.1) is 12.8 Å². The second kappa shape index (κ2) is 8.38. The van der Waals surface area contributed by atoms with Gasteiger partial charge in [0.25, 0.3) is 5.91 Å². The Morgan fingerprint density at radius 2 is 1.85 bits per heavy atom. The number of amides is 2. The van der Waals surface area contributed by atoms with Gasteiger partial charge >= 0.3 is 0 Å². The van der Waals surface area contributed by atoms with Gasteiger partial charge in [-0.3, -0.25) is 9.59 Å². The topological polar surface area (TPSA) is 93.5 Å². The van der Waals surface area contributed by atoms with Crippen molar-refractivity contribution in [1.29, 1.82) is 0 Å². The van der Waals surface area contributed by atoms with Gasteiger partial charge in [0, 0.05) is 23.4 Å². The summed E-state index contributed by atoms with van der Waals surface area (Å²) in [4.78, 5) is 24.3. The minimum Gasteiger partial charge on any atom is -0.495 e. The summed E-state index contributed by atoms with van der Waals surface area (Å²) in [7, 11) is 1.54. The van der Waals surface area contributed by atoms with Crippen molar-refractivity contribution in [2.75, 3.05) is 23.5 Å². The van der Waals surface area contributed by atoms with Gasteiger partial charge in [0.1, 0.15) is 5.75 Å². The molecule has 2 rings (SSSR count). The van der Waals surface area contributed by atoms with Crippen LogP contribution in [0.25, 0.3) is 0 Å². The number of carbonyl (C=O) groups excluding carboxylic acids is 2. The molecule has 26 heavy (non-hydrogen) atoms. The van der Waals surface area contributed by atoms with E-state index in [-0.39, 0.29) is 17.7 Å². The van der Waals surface area contributed by atoms with Gasteiger partial charge in [-0.25, -0.2) is 0 Å². The molecule has 138 valence electrons. The number of nitrogens with one attached hydrogen (secondary N) is 2. The zero-order valence-electron chi connectivity index (χ0n) is 15.6. The van der Waals surface area contributed by atoms with E-state index < -0.39 is 0 Å². The summed E-state index contributed by atoms with van der Waals surface area (Å²) >= 11 is 0. The fourth-order valence-corrected chi connectivity index (χ4v) is 2.53. The highest BCUT2D eigenvalue weighted by molar-refractivity contribution is 6.05. The molecule has 2 amide bonds. The normalized spacial score (nSPS) is 10.5. The first-order valence-electron chi connectivity index (χ1n) is 8.45. The fraction of sp³-hybridized carbons (Fsp3) is 0.300. The van der Waals surface area contributed by atoms with E-state index in [1.54, 1.807) is 36.4 Å². The highest BCUT2D eigenvalue weighted by atomic mass is 16.5. The maximum atomic E-state index is 12.4. The number of benzene rings is 2. The first-order chi connectivity index (χ1) is 12.3. The fourth-order valence-electron chi connectivity index (χ4n) is 2.53. The molecule has 0 aliphatic heterocycles. The minimum absolute atomic E-state index is 0.0333. The van der Waals surface area contributed by atoms with E-state index in [9.17, 15) is 9.59 Å². The molecule has 0 aliphatic carbocycles. The summed E-state index contributed by atoms with van der Waals surface area (Å²) in [6.07, 6.45) is 0.459. The Labute approximate surface area is 153 Å². The summed E-state index contributed by atoms with van der Waals surface area (Å²) in [5, 5.41) is 5.68. The molecule has 0 radical (unpaired) electrons. The van der Waals surface area contributed by atoms with Crippen molar-refractivity contribution in [3.8, 4) is 5.75 Å². The van der Waals surface area contributed by atoms with E-state index in [1.165, 1.54) is 7.11 Å². The average Bonchev–Trinajstić information content (AvgIpc) is 2.56. The van der Waals surface area contributed by atoms with Crippen molar-refractivity contribution in [3.63, 3.8) is 0 Å². The summed E-state index contributed by atoms with van der Waals surface area (Å²) in [6.45, 7) is 5.84. The molecule has 6 nitrogen and oxygen atoms in total. The van der Waals surface area contributed by atoms with Gasteiger partial charge in [-0.15, -0.1) is 0 Å². The van der Waals surface area contributed by atoms with Crippen molar-refractivity contribution in [3.05, 3.63) is 47.5 Å². The first-order valence-corrected chi connectivity index (χ1v) is 8.45. The molecular weight excluding hydrogens is 330 g/mol. The number of anilines is 3. The van der Waals surface area contributed by atoms with Crippen LogP contribution in [0.2, 0.25) is 0 Å². The summed E-state index contributed by atoms with van der Waals surface area (Å²) in [6, 6.07) is 10.2. The lowest BCUT2D eigenvalue weighted by atomic mass is 10.1. The zero-order valence-corrected chi connectivity index (χ0v) is 15.6. The molecule has 2 aromatic rings. The monoisotopic (exact) mass is 355 g/mol. The number of nitrogen functional groups attached to an aromatic ring is 1. The third kappa shape index (κ3) is 4.99. The quantitative estimate of drug-likeness (QED) is 0.687. The molecule has 2 aromatic carbocycles. The lowest BCUT2D eigenvalue weighted by Gasteiger charge is -2.12. The van der Waals surface area contributed by atoms with E-state index in [0.29, 0.717) is 34.8 Å². The third-order valence-electron chi connectivity index (χ3n) is 3.84. The molecule has 0 unspecified atom stereocenters. The van der Waals surface area contributed by atoms with Gasteiger partial charge in [-0.05, 0) is 54.8 Å². The predicted octanol–water partition coefficient (Wildman–Crippen LogP) is 3.82. The minimum atomic E-state index is -0.252.